The molecule has 1 aromatic heterocycles. The molecular weight excluding hydrogens is 416 g/mol. The summed E-state index contributed by atoms with van der Waals surface area (Å²) in [6, 6.07) is 4.79. The monoisotopic (exact) mass is 429 g/mol. The van der Waals surface area contributed by atoms with Gasteiger partial charge in [-0.15, -0.1) is 0 Å². The van der Waals surface area contributed by atoms with Gasteiger partial charge in [0.2, 0.25) is 11.6 Å². The first-order chi connectivity index (χ1) is 14.0. The van der Waals surface area contributed by atoms with Gasteiger partial charge in [-0.2, -0.15) is 17.6 Å². The number of H-pyrrole nitrogens is 1. The number of nitrogens with one attached hydrogen (secondary N) is 1. The van der Waals surface area contributed by atoms with Crippen molar-refractivity contribution in [3.05, 3.63) is 75.3 Å². The van der Waals surface area contributed by atoms with Crippen LogP contribution in [0.15, 0.2) is 41.2 Å². The lowest BCUT2D eigenvalue weighted by Gasteiger charge is -2.17. The van der Waals surface area contributed by atoms with Gasteiger partial charge < -0.3 is 14.5 Å². The molecule has 1 heterocycles. The van der Waals surface area contributed by atoms with E-state index in [1.807, 2.05) is 0 Å². The number of aromatic amines is 1. The van der Waals surface area contributed by atoms with Crippen LogP contribution >= 0.6 is 0 Å². The zero-order valence-corrected chi connectivity index (χ0v) is 15.5. The van der Waals surface area contributed by atoms with E-state index in [-0.39, 0.29) is 11.3 Å². The first-order valence-electron chi connectivity index (χ1n) is 8.33. The van der Waals surface area contributed by atoms with Crippen LogP contribution in [0.2, 0.25) is 0 Å². The van der Waals surface area contributed by atoms with Crippen LogP contribution in [0.25, 0.3) is 11.3 Å². The van der Waals surface area contributed by atoms with Crippen LogP contribution in [0.3, 0.4) is 0 Å². The molecule has 0 saturated carbocycles. The quantitative estimate of drug-likeness (QED) is 0.551. The highest BCUT2D eigenvalue weighted by molar-refractivity contribution is 5.69. The molecule has 0 aliphatic heterocycles. The molecule has 4 nitrogen and oxygen atoms in total. The van der Waals surface area contributed by atoms with E-state index in [0.29, 0.717) is 23.9 Å². The zero-order chi connectivity index (χ0) is 22.2. The molecule has 0 saturated heterocycles. The maximum absolute atomic E-state index is 14.2. The Balaban J connectivity index is 2.26. The smallest absolute Gasteiger partial charge is 0.419 e. The Morgan fingerprint density at radius 3 is 2.23 bits per heavy atom. The molecule has 0 aliphatic rings. The molecule has 0 fully saturated rings. The van der Waals surface area contributed by atoms with Crippen molar-refractivity contribution in [2.24, 2.45) is 0 Å². The summed E-state index contributed by atoms with van der Waals surface area (Å²) in [5.74, 6) is -6.00. The predicted molar refractivity (Wildman–Crippen MR) is 95.2 cm³/mol. The Kier molecular flexibility index (Phi) is 5.51. The highest BCUT2D eigenvalue weighted by Crippen LogP contribution is 2.42. The predicted octanol–water partition coefficient (Wildman–Crippen LogP) is 5.59. The van der Waals surface area contributed by atoms with Crippen molar-refractivity contribution in [2.45, 2.75) is 13.1 Å². The molecule has 0 unspecified atom stereocenters. The number of halogens is 6. The number of benzene rings is 2. The van der Waals surface area contributed by atoms with E-state index in [4.69, 9.17) is 9.47 Å². The minimum atomic E-state index is -5.06. The number of hydrogen-bond acceptors (Lipinski definition) is 3. The van der Waals surface area contributed by atoms with Crippen LogP contribution in [-0.2, 0) is 6.18 Å². The molecule has 1 N–H and O–H groups in total. The van der Waals surface area contributed by atoms with E-state index in [9.17, 15) is 31.1 Å². The van der Waals surface area contributed by atoms with Crippen molar-refractivity contribution in [3.8, 4) is 28.5 Å². The standard InChI is InChI=1S/C20H13F6NO3/c1-9-5-10(28)6-15(27-9)11-7-14(22)12(20(24,25)26)8-17(11)30-16-4-3-13(21)18(23)19(16)29-2/h3-8H,1-2H3,(H,27,28). The van der Waals surface area contributed by atoms with Crippen LogP contribution in [0, 0.1) is 24.4 Å². The highest BCUT2D eigenvalue weighted by Gasteiger charge is 2.36. The molecule has 0 amide bonds. The van der Waals surface area contributed by atoms with Crippen molar-refractivity contribution in [1.29, 1.82) is 0 Å². The summed E-state index contributed by atoms with van der Waals surface area (Å²) in [5, 5.41) is 0. The van der Waals surface area contributed by atoms with Gasteiger partial charge in [0.25, 0.3) is 0 Å². The number of pyridine rings is 1. The first-order valence-corrected chi connectivity index (χ1v) is 8.33. The minimum Gasteiger partial charge on any atom is -0.490 e. The van der Waals surface area contributed by atoms with Crippen LogP contribution in [0.1, 0.15) is 11.3 Å². The normalized spacial score (nSPS) is 11.5. The van der Waals surface area contributed by atoms with E-state index < -0.39 is 51.9 Å². The Morgan fingerprint density at radius 2 is 1.63 bits per heavy atom. The summed E-state index contributed by atoms with van der Waals surface area (Å²) < 4.78 is 91.3. The Hall–Kier alpha value is -3.43. The molecule has 10 heteroatoms. The van der Waals surface area contributed by atoms with E-state index in [1.165, 1.54) is 13.0 Å². The molecule has 0 spiro atoms. The van der Waals surface area contributed by atoms with Gasteiger partial charge in [-0.1, -0.05) is 0 Å². The van der Waals surface area contributed by atoms with Crippen LogP contribution in [0.5, 0.6) is 17.2 Å². The first kappa shape index (κ1) is 21.3. The fourth-order valence-corrected chi connectivity index (χ4v) is 2.80. The highest BCUT2D eigenvalue weighted by atomic mass is 19.4. The Bertz CT molecular complexity index is 1170. The molecule has 2 aromatic carbocycles. The molecule has 0 aliphatic carbocycles. The average molecular weight is 429 g/mol. The summed E-state index contributed by atoms with van der Waals surface area (Å²) >= 11 is 0. The zero-order valence-electron chi connectivity index (χ0n) is 15.5. The topological polar surface area (TPSA) is 51.3 Å². The van der Waals surface area contributed by atoms with Gasteiger partial charge in [-0.05, 0) is 31.2 Å². The van der Waals surface area contributed by atoms with Gasteiger partial charge in [0.1, 0.15) is 11.6 Å². The van der Waals surface area contributed by atoms with Gasteiger partial charge in [-0.3, -0.25) is 4.79 Å². The molecule has 3 aromatic rings. The summed E-state index contributed by atoms with van der Waals surface area (Å²) in [6.07, 6.45) is -5.06. The third-order valence-electron chi connectivity index (χ3n) is 4.08. The molecular formula is C20H13F6NO3. The van der Waals surface area contributed by atoms with Crippen LogP contribution in [0.4, 0.5) is 26.3 Å². The summed E-state index contributed by atoms with van der Waals surface area (Å²) in [5.41, 5.74) is -2.05. The van der Waals surface area contributed by atoms with Crippen LogP contribution in [-0.4, -0.2) is 12.1 Å². The number of ether oxygens (including phenoxy) is 2. The van der Waals surface area contributed by atoms with Crippen molar-refractivity contribution >= 4 is 0 Å². The van der Waals surface area contributed by atoms with Crippen molar-refractivity contribution in [3.63, 3.8) is 0 Å². The average Bonchev–Trinajstić information content (AvgIpc) is 2.64. The lowest BCUT2D eigenvalue weighted by molar-refractivity contribution is -0.140. The van der Waals surface area contributed by atoms with Gasteiger partial charge >= 0.3 is 6.18 Å². The lowest BCUT2D eigenvalue weighted by atomic mass is 10.0. The number of rotatable bonds is 4. The summed E-state index contributed by atoms with van der Waals surface area (Å²) in [7, 11) is 1.01. The number of alkyl halides is 3. The molecule has 3 rings (SSSR count). The third kappa shape index (κ3) is 4.12. The van der Waals surface area contributed by atoms with E-state index in [0.717, 1.165) is 19.2 Å². The van der Waals surface area contributed by atoms with Gasteiger partial charge in [0, 0.05) is 23.4 Å². The largest absolute Gasteiger partial charge is 0.490 e. The SMILES string of the molecule is COc1c(Oc2cc(C(F)(F)F)c(F)cc2-c2cc(=O)cc(C)[nH]2)ccc(F)c1F. The minimum absolute atomic E-state index is 0.0378. The van der Waals surface area contributed by atoms with Crippen molar-refractivity contribution in [1.82, 2.24) is 4.98 Å². The van der Waals surface area contributed by atoms with Gasteiger partial charge in [0.15, 0.2) is 17.0 Å². The molecule has 0 atom stereocenters. The second-order valence-corrected chi connectivity index (χ2v) is 6.23. The maximum Gasteiger partial charge on any atom is 0.419 e. The van der Waals surface area contributed by atoms with Crippen molar-refractivity contribution < 1.29 is 35.8 Å². The second-order valence-electron chi connectivity index (χ2n) is 6.23. The Morgan fingerprint density at radius 1 is 0.933 bits per heavy atom. The lowest BCUT2D eigenvalue weighted by Crippen LogP contribution is -2.10. The number of methoxy groups -OCH3 is 1. The fourth-order valence-electron chi connectivity index (χ4n) is 2.80. The second kappa shape index (κ2) is 7.77. The van der Waals surface area contributed by atoms with E-state index in [1.54, 1.807) is 0 Å². The molecule has 0 bridgehead atoms. The molecule has 30 heavy (non-hydrogen) atoms. The number of hydrogen-bond donors (Lipinski definition) is 1. The molecule has 158 valence electrons. The summed E-state index contributed by atoms with van der Waals surface area (Å²) in [6.45, 7) is 1.52. The number of aryl methyl sites for hydroxylation is 1. The van der Waals surface area contributed by atoms with Crippen molar-refractivity contribution in [2.75, 3.05) is 7.11 Å². The molecule has 0 radical (unpaired) electrons. The fraction of sp³-hybridized carbons (Fsp3) is 0.150. The third-order valence-corrected chi connectivity index (χ3v) is 4.08. The van der Waals surface area contributed by atoms with Crippen LogP contribution < -0.4 is 14.9 Å². The number of aromatic nitrogens is 1. The Labute approximate surface area is 165 Å². The summed E-state index contributed by atoms with van der Waals surface area (Å²) in [4.78, 5) is 14.5. The van der Waals surface area contributed by atoms with E-state index >= 15 is 0 Å². The maximum atomic E-state index is 14.2. The van der Waals surface area contributed by atoms with Gasteiger partial charge in [0.05, 0.1) is 18.4 Å². The van der Waals surface area contributed by atoms with Gasteiger partial charge in [-0.25, -0.2) is 8.78 Å². The van der Waals surface area contributed by atoms with E-state index in [2.05, 4.69) is 4.98 Å².